The van der Waals surface area contributed by atoms with E-state index in [4.69, 9.17) is 9.84 Å². The maximum Gasteiger partial charge on any atom is 0.120 e. The van der Waals surface area contributed by atoms with Crippen molar-refractivity contribution in [2.75, 3.05) is 6.61 Å². The average Bonchev–Trinajstić information content (AvgIpc) is 2.99. The van der Waals surface area contributed by atoms with Gasteiger partial charge in [0.2, 0.25) is 0 Å². The highest BCUT2D eigenvalue weighted by Gasteiger charge is 2.11. The zero-order chi connectivity index (χ0) is 14.5. The third-order valence-corrected chi connectivity index (χ3v) is 3.78. The Morgan fingerprint density at radius 2 is 1.90 bits per heavy atom. The molecule has 0 aliphatic heterocycles. The predicted molar refractivity (Wildman–Crippen MR) is 83.2 cm³/mol. The van der Waals surface area contributed by atoms with Crippen LogP contribution in [0.4, 0.5) is 0 Å². The van der Waals surface area contributed by atoms with Crippen LogP contribution in [0.1, 0.15) is 28.7 Å². The van der Waals surface area contributed by atoms with Gasteiger partial charge < -0.3 is 9.84 Å². The minimum Gasteiger partial charge on any atom is -0.489 e. The quantitative estimate of drug-likeness (QED) is 0.874. The molecule has 0 atom stereocenters. The molecule has 0 heterocycles. The molecule has 0 spiro atoms. The summed E-state index contributed by atoms with van der Waals surface area (Å²) in [5, 5.41) is 8.81. The minimum atomic E-state index is -0.125. The Balaban J connectivity index is 1.73. The molecule has 3 rings (SSSR count). The van der Waals surface area contributed by atoms with E-state index in [2.05, 4.69) is 24.0 Å². The Bertz CT molecular complexity index is 692. The zero-order valence-corrected chi connectivity index (χ0v) is 11.9. The first kappa shape index (κ1) is 13.7. The SMILES string of the molecule is OCC#Cc1ccccc1COc1ccc2c(c1)CCC2. The topological polar surface area (TPSA) is 29.5 Å². The van der Waals surface area contributed by atoms with Crippen LogP contribution in [0.3, 0.4) is 0 Å². The zero-order valence-electron chi connectivity index (χ0n) is 11.9. The molecule has 0 aromatic heterocycles. The normalized spacial score (nSPS) is 12.4. The highest BCUT2D eigenvalue weighted by atomic mass is 16.5. The van der Waals surface area contributed by atoms with Crippen molar-refractivity contribution >= 4 is 0 Å². The lowest BCUT2D eigenvalue weighted by atomic mass is 10.1. The summed E-state index contributed by atoms with van der Waals surface area (Å²) in [5.74, 6) is 6.57. The Morgan fingerprint density at radius 1 is 1.05 bits per heavy atom. The van der Waals surface area contributed by atoms with Crippen molar-refractivity contribution in [3.8, 4) is 17.6 Å². The maximum absolute atomic E-state index is 8.81. The Morgan fingerprint density at radius 3 is 2.81 bits per heavy atom. The highest BCUT2D eigenvalue weighted by molar-refractivity contribution is 5.42. The Hall–Kier alpha value is -2.24. The number of rotatable bonds is 3. The van der Waals surface area contributed by atoms with Crippen molar-refractivity contribution in [1.82, 2.24) is 0 Å². The van der Waals surface area contributed by atoms with Gasteiger partial charge in [0.1, 0.15) is 19.0 Å². The molecule has 106 valence electrons. The second-order valence-corrected chi connectivity index (χ2v) is 5.19. The molecule has 0 radical (unpaired) electrons. The molecular formula is C19H18O2. The summed E-state index contributed by atoms with van der Waals surface area (Å²) in [6, 6.07) is 14.3. The van der Waals surface area contributed by atoms with E-state index >= 15 is 0 Å². The van der Waals surface area contributed by atoms with Gasteiger partial charge in [-0.1, -0.05) is 36.1 Å². The van der Waals surface area contributed by atoms with E-state index in [-0.39, 0.29) is 6.61 Å². The molecule has 2 nitrogen and oxygen atoms in total. The first-order valence-electron chi connectivity index (χ1n) is 7.29. The summed E-state index contributed by atoms with van der Waals surface area (Å²) in [6.07, 6.45) is 3.60. The van der Waals surface area contributed by atoms with Crippen LogP contribution in [-0.2, 0) is 19.4 Å². The number of fused-ring (bicyclic) bond motifs is 1. The van der Waals surface area contributed by atoms with Crippen LogP contribution in [0.15, 0.2) is 42.5 Å². The molecular weight excluding hydrogens is 260 g/mol. The molecule has 0 saturated carbocycles. The fraction of sp³-hybridized carbons (Fsp3) is 0.263. The fourth-order valence-corrected chi connectivity index (χ4v) is 2.70. The number of ether oxygens (including phenoxy) is 1. The van der Waals surface area contributed by atoms with Crippen LogP contribution in [0, 0.1) is 11.8 Å². The van der Waals surface area contributed by atoms with Crippen LogP contribution >= 0.6 is 0 Å². The van der Waals surface area contributed by atoms with Crippen LogP contribution in [0.5, 0.6) is 5.75 Å². The van der Waals surface area contributed by atoms with Crippen LogP contribution < -0.4 is 4.74 Å². The van der Waals surface area contributed by atoms with Crippen molar-refractivity contribution in [2.24, 2.45) is 0 Å². The molecule has 2 aromatic carbocycles. The largest absolute Gasteiger partial charge is 0.489 e. The van der Waals surface area contributed by atoms with Crippen molar-refractivity contribution in [3.05, 3.63) is 64.7 Å². The maximum atomic E-state index is 8.81. The second kappa shape index (κ2) is 6.47. The van der Waals surface area contributed by atoms with E-state index in [1.165, 1.54) is 24.0 Å². The molecule has 0 amide bonds. The van der Waals surface area contributed by atoms with Crippen molar-refractivity contribution in [1.29, 1.82) is 0 Å². The molecule has 1 N–H and O–H groups in total. The Kier molecular flexibility index (Phi) is 4.23. The molecule has 2 aromatic rings. The molecule has 0 unspecified atom stereocenters. The summed E-state index contributed by atoms with van der Waals surface area (Å²) in [7, 11) is 0. The third kappa shape index (κ3) is 3.26. The first-order chi connectivity index (χ1) is 10.4. The van der Waals surface area contributed by atoms with E-state index in [1.807, 2.05) is 30.3 Å². The summed E-state index contributed by atoms with van der Waals surface area (Å²) in [4.78, 5) is 0. The Labute approximate surface area is 125 Å². The third-order valence-electron chi connectivity index (χ3n) is 3.78. The average molecular weight is 278 g/mol. The standard InChI is InChI=1S/C19H18O2/c20-12-4-9-15-5-1-2-6-18(15)14-21-19-11-10-16-7-3-8-17(16)13-19/h1-2,5-6,10-11,13,20H,3,7-8,12,14H2. The van der Waals surface area contributed by atoms with E-state index in [0.717, 1.165) is 23.3 Å². The van der Waals surface area contributed by atoms with Crippen LogP contribution in [0.2, 0.25) is 0 Å². The first-order valence-corrected chi connectivity index (χ1v) is 7.29. The summed E-state index contributed by atoms with van der Waals surface area (Å²) in [6.45, 7) is 0.370. The minimum absolute atomic E-state index is 0.125. The molecule has 0 saturated heterocycles. The summed E-state index contributed by atoms with van der Waals surface area (Å²) >= 11 is 0. The smallest absolute Gasteiger partial charge is 0.120 e. The molecule has 0 fully saturated rings. The van der Waals surface area contributed by atoms with Gasteiger partial charge in [0, 0.05) is 11.1 Å². The van der Waals surface area contributed by atoms with Crippen molar-refractivity contribution in [3.63, 3.8) is 0 Å². The van der Waals surface area contributed by atoms with Crippen LogP contribution in [-0.4, -0.2) is 11.7 Å². The second-order valence-electron chi connectivity index (χ2n) is 5.19. The van der Waals surface area contributed by atoms with Crippen molar-refractivity contribution < 1.29 is 9.84 Å². The number of hydrogen-bond donors (Lipinski definition) is 1. The molecule has 1 aliphatic rings. The predicted octanol–water partition coefficient (Wildman–Crippen LogP) is 3.10. The molecule has 21 heavy (non-hydrogen) atoms. The number of aryl methyl sites for hydroxylation is 2. The van der Waals surface area contributed by atoms with Gasteiger partial charge in [-0.2, -0.15) is 0 Å². The van der Waals surface area contributed by atoms with Gasteiger partial charge in [-0.15, -0.1) is 0 Å². The van der Waals surface area contributed by atoms with Gasteiger partial charge in [-0.25, -0.2) is 0 Å². The highest BCUT2D eigenvalue weighted by Crippen LogP contribution is 2.26. The number of benzene rings is 2. The van der Waals surface area contributed by atoms with Gasteiger partial charge in [0.25, 0.3) is 0 Å². The monoisotopic (exact) mass is 278 g/mol. The van der Waals surface area contributed by atoms with Gasteiger partial charge in [0.15, 0.2) is 0 Å². The van der Waals surface area contributed by atoms with Gasteiger partial charge >= 0.3 is 0 Å². The van der Waals surface area contributed by atoms with Gasteiger partial charge in [-0.3, -0.25) is 0 Å². The number of aliphatic hydroxyl groups excluding tert-OH is 1. The van der Waals surface area contributed by atoms with Crippen LogP contribution in [0.25, 0.3) is 0 Å². The van der Waals surface area contributed by atoms with Crippen molar-refractivity contribution in [2.45, 2.75) is 25.9 Å². The van der Waals surface area contributed by atoms with E-state index < -0.39 is 0 Å². The summed E-state index contributed by atoms with van der Waals surface area (Å²) < 4.78 is 5.91. The van der Waals surface area contributed by atoms with E-state index in [9.17, 15) is 0 Å². The molecule has 1 aliphatic carbocycles. The summed E-state index contributed by atoms with van der Waals surface area (Å²) in [5.41, 5.74) is 4.82. The van der Waals surface area contributed by atoms with E-state index in [1.54, 1.807) is 0 Å². The molecule has 0 bridgehead atoms. The number of hydrogen-bond acceptors (Lipinski definition) is 2. The van der Waals surface area contributed by atoms with Gasteiger partial charge in [0.05, 0.1) is 0 Å². The van der Waals surface area contributed by atoms with Gasteiger partial charge in [-0.05, 0) is 48.6 Å². The lowest BCUT2D eigenvalue weighted by Gasteiger charge is -2.09. The fourth-order valence-electron chi connectivity index (χ4n) is 2.70. The lowest BCUT2D eigenvalue weighted by molar-refractivity contribution is 0.305. The lowest BCUT2D eigenvalue weighted by Crippen LogP contribution is -1.99. The molecule has 2 heteroatoms. The number of aliphatic hydroxyl groups is 1. The van der Waals surface area contributed by atoms with E-state index in [0.29, 0.717) is 6.61 Å².